The molecule has 3 aromatic rings. The molecule has 2 aromatic carbocycles. The monoisotopic (exact) mass is 307 g/mol. The Kier molecular flexibility index (Phi) is 4.24. The van der Waals surface area contributed by atoms with Crippen LogP contribution in [-0.4, -0.2) is 13.0 Å². The number of methoxy groups -OCH3 is 1. The number of fused-ring (bicyclic) bond motifs is 1. The number of anilines is 1. The van der Waals surface area contributed by atoms with Gasteiger partial charge in [0.05, 0.1) is 12.8 Å². The van der Waals surface area contributed by atoms with Gasteiger partial charge in [-0.3, -0.25) is 4.79 Å². The molecule has 0 radical (unpaired) electrons. The summed E-state index contributed by atoms with van der Waals surface area (Å²) in [5.74, 6) is 0.695. The average Bonchev–Trinajstić information content (AvgIpc) is 2.61. The first-order valence-electron chi connectivity index (χ1n) is 7.58. The van der Waals surface area contributed by atoms with E-state index in [0.717, 1.165) is 28.8 Å². The third-order valence-electron chi connectivity index (χ3n) is 3.82. The number of ether oxygens (including phenoxy) is 1. The lowest BCUT2D eigenvalue weighted by molar-refractivity contribution is -0.693. The van der Waals surface area contributed by atoms with Crippen molar-refractivity contribution in [1.29, 1.82) is 0 Å². The normalized spacial score (nSPS) is 10.5. The van der Waals surface area contributed by atoms with Gasteiger partial charge in [0, 0.05) is 17.7 Å². The zero-order chi connectivity index (χ0) is 16.2. The van der Waals surface area contributed by atoms with Crippen molar-refractivity contribution in [2.45, 2.75) is 13.5 Å². The standard InChI is InChI=1S/C19H18N2O2/c1-3-21-10-8-17(9-11-21)20-19(22)16-5-4-15-13-18(23-2)7-6-14(15)12-16/h4-13H,3H2,1-2H3/p+1. The molecule has 0 saturated heterocycles. The number of nitrogens with zero attached hydrogens (tertiary/aromatic N) is 1. The van der Waals surface area contributed by atoms with Gasteiger partial charge in [-0.2, -0.15) is 0 Å². The number of hydrogen-bond acceptors (Lipinski definition) is 2. The fraction of sp³-hybridized carbons (Fsp3) is 0.158. The van der Waals surface area contributed by atoms with Crippen molar-refractivity contribution in [3.8, 4) is 5.75 Å². The summed E-state index contributed by atoms with van der Waals surface area (Å²) >= 11 is 0. The molecule has 1 amide bonds. The number of pyridine rings is 1. The summed E-state index contributed by atoms with van der Waals surface area (Å²) in [5.41, 5.74) is 1.42. The van der Waals surface area contributed by atoms with Gasteiger partial charge in [0.1, 0.15) is 12.3 Å². The second-order valence-corrected chi connectivity index (χ2v) is 5.30. The molecule has 116 valence electrons. The number of carbonyl (C=O) groups is 1. The van der Waals surface area contributed by atoms with Crippen LogP contribution in [0.4, 0.5) is 5.69 Å². The van der Waals surface area contributed by atoms with Crippen molar-refractivity contribution in [1.82, 2.24) is 0 Å². The van der Waals surface area contributed by atoms with Crippen molar-refractivity contribution in [3.63, 3.8) is 0 Å². The second kappa shape index (κ2) is 6.48. The van der Waals surface area contributed by atoms with Gasteiger partial charge in [-0.05, 0) is 42.0 Å². The molecule has 0 spiro atoms. The Balaban J connectivity index is 1.82. The van der Waals surface area contributed by atoms with Crippen LogP contribution in [0.15, 0.2) is 60.9 Å². The summed E-state index contributed by atoms with van der Waals surface area (Å²) in [6.45, 7) is 2.98. The molecule has 0 bridgehead atoms. The van der Waals surface area contributed by atoms with E-state index in [1.54, 1.807) is 7.11 Å². The molecule has 0 aliphatic rings. The van der Waals surface area contributed by atoms with Crippen LogP contribution in [0.3, 0.4) is 0 Å². The van der Waals surface area contributed by atoms with Gasteiger partial charge in [-0.15, -0.1) is 0 Å². The molecule has 0 aliphatic carbocycles. The van der Waals surface area contributed by atoms with Crippen LogP contribution in [0.5, 0.6) is 5.75 Å². The van der Waals surface area contributed by atoms with Gasteiger partial charge in [-0.25, -0.2) is 4.57 Å². The van der Waals surface area contributed by atoms with E-state index in [1.165, 1.54) is 0 Å². The lowest BCUT2D eigenvalue weighted by atomic mass is 10.1. The van der Waals surface area contributed by atoms with Gasteiger partial charge in [0.2, 0.25) is 0 Å². The van der Waals surface area contributed by atoms with Crippen LogP contribution in [0.2, 0.25) is 0 Å². The summed E-state index contributed by atoms with van der Waals surface area (Å²) in [7, 11) is 1.64. The summed E-state index contributed by atoms with van der Waals surface area (Å²) in [4.78, 5) is 12.4. The fourth-order valence-electron chi connectivity index (χ4n) is 2.45. The van der Waals surface area contributed by atoms with Crippen LogP contribution in [0.1, 0.15) is 17.3 Å². The third-order valence-corrected chi connectivity index (χ3v) is 3.82. The molecule has 0 saturated carbocycles. The highest BCUT2D eigenvalue weighted by atomic mass is 16.5. The Labute approximate surface area is 135 Å². The van der Waals surface area contributed by atoms with E-state index in [1.807, 2.05) is 65.5 Å². The summed E-state index contributed by atoms with van der Waals surface area (Å²) < 4.78 is 7.26. The number of hydrogen-bond donors (Lipinski definition) is 1. The van der Waals surface area contributed by atoms with Crippen molar-refractivity contribution in [2.75, 3.05) is 12.4 Å². The van der Waals surface area contributed by atoms with Gasteiger partial charge in [0.25, 0.3) is 5.91 Å². The Bertz CT molecular complexity index is 842. The first-order valence-corrected chi connectivity index (χ1v) is 7.58. The average molecular weight is 307 g/mol. The molecule has 23 heavy (non-hydrogen) atoms. The highest BCUT2D eigenvalue weighted by Crippen LogP contribution is 2.22. The quantitative estimate of drug-likeness (QED) is 0.751. The third kappa shape index (κ3) is 3.31. The molecule has 4 heteroatoms. The van der Waals surface area contributed by atoms with Crippen molar-refractivity contribution >= 4 is 22.4 Å². The van der Waals surface area contributed by atoms with E-state index in [9.17, 15) is 4.79 Å². The lowest BCUT2D eigenvalue weighted by Crippen LogP contribution is -2.30. The van der Waals surface area contributed by atoms with Crippen LogP contribution in [-0.2, 0) is 6.54 Å². The minimum atomic E-state index is -0.114. The molecule has 4 nitrogen and oxygen atoms in total. The zero-order valence-corrected chi connectivity index (χ0v) is 13.2. The Morgan fingerprint density at radius 1 is 1.04 bits per heavy atom. The molecular formula is C19H19N2O2+. The van der Waals surface area contributed by atoms with Gasteiger partial charge in [-0.1, -0.05) is 12.1 Å². The highest BCUT2D eigenvalue weighted by Gasteiger charge is 2.08. The van der Waals surface area contributed by atoms with Gasteiger partial charge in [0.15, 0.2) is 12.4 Å². The first-order chi connectivity index (χ1) is 11.2. The molecule has 3 rings (SSSR count). The zero-order valence-electron chi connectivity index (χ0n) is 13.2. The largest absolute Gasteiger partial charge is 0.497 e. The second-order valence-electron chi connectivity index (χ2n) is 5.30. The van der Waals surface area contributed by atoms with Crippen molar-refractivity contribution in [2.24, 2.45) is 0 Å². The van der Waals surface area contributed by atoms with Crippen LogP contribution >= 0.6 is 0 Å². The number of rotatable bonds is 4. The van der Waals surface area contributed by atoms with Gasteiger partial charge < -0.3 is 10.1 Å². The minimum Gasteiger partial charge on any atom is -0.497 e. The van der Waals surface area contributed by atoms with E-state index in [-0.39, 0.29) is 5.91 Å². The molecule has 1 heterocycles. The van der Waals surface area contributed by atoms with Gasteiger partial charge >= 0.3 is 0 Å². The predicted octanol–water partition coefficient (Wildman–Crippen LogP) is 3.41. The molecule has 1 N–H and O–H groups in total. The molecule has 0 unspecified atom stereocenters. The first kappa shape index (κ1) is 15.0. The SMILES string of the molecule is CC[n+]1ccc(NC(=O)c2ccc3cc(OC)ccc3c2)cc1. The Morgan fingerprint density at radius 2 is 1.74 bits per heavy atom. The fourth-order valence-corrected chi connectivity index (χ4v) is 2.45. The number of aryl methyl sites for hydroxylation is 1. The van der Waals surface area contributed by atoms with Crippen molar-refractivity contribution in [3.05, 3.63) is 66.5 Å². The number of aromatic nitrogens is 1. The maximum absolute atomic E-state index is 12.4. The van der Waals surface area contributed by atoms with E-state index in [2.05, 4.69) is 12.2 Å². The smallest absolute Gasteiger partial charge is 0.255 e. The van der Waals surface area contributed by atoms with Crippen molar-refractivity contribution < 1.29 is 14.1 Å². The lowest BCUT2D eigenvalue weighted by Gasteiger charge is -2.07. The Morgan fingerprint density at radius 3 is 2.43 bits per heavy atom. The molecule has 0 fully saturated rings. The van der Waals surface area contributed by atoms with E-state index >= 15 is 0 Å². The maximum atomic E-state index is 12.4. The number of nitrogens with one attached hydrogen (secondary N) is 1. The number of carbonyl (C=O) groups excluding carboxylic acids is 1. The summed E-state index contributed by atoms with van der Waals surface area (Å²) in [5, 5.41) is 4.98. The summed E-state index contributed by atoms with van der Waals surface area (Å²) in [6.07, 6.45) is 3.89. The van der Waals surface area contributed by atoms with E-state index in [4.69, 9.17) is 4.74 Å². The van der Waals surface area contributed by atoms with E-state index < -0.39 is 0 Å². The molecule has 0 aliphatic heterocycles. The molecule has 1 aromatic heterocycles. The summed E-state index contributed by atoms with van der Waals surface area (Å²) in [6, 6.07) is 15.2. The highest BCUT2D eigenvalue weighted by molar-refractivity contribution is 6.06. The van der Waals surface area contributed by atoms with Crippen LogP contribution < -0.4 is 14.6 Å². The number of amides is 1. The Hall–Kier alpha value is -2.88. The predicted molar refractivity (Wildman–Crippen MR) is 90.8 cm³/mol. The maximum Gasteiger partial charge on any atom is 0.255 e. The topological polar surface area (TPSA) is 42.2 Å². The molecule has 0 atom stereocenters. The van der Waals surface area contributed by atoms with Crippen LogP contribution in [0, 0.1) is 0 Å². The van der Waals surface area contributed by atoms with Crippen LogP contribution in [0.25, 0.3) is 10.8 Å². The minimum absolute atomic E-state index is 0.114. The van der Waals surface area contributed by atoms with E-state index in [0.29, 0.717) is 5.56 Å². The molecular weight excluding hydrogens is 288 g/mol. The number of benzene rings is 2.